The van der Waals surface area contributed by atoms with Gasteiger partial charge in [-0.25, -0.2) is 4.39 Å². The summed E-state index contributed by atoms with van der Waals surface area (Å²) in [6.07, 6.45) is -3.50. The molecule has 0 spiro atoms. The van der Waals surface area contributed by atoms with E-state index < -0.39 is 17.6 Å². The molecule has 1 aromatic heterocycles. The Hall–Kier alpha value is -3.14. The fourth-order valence-corrected chi connectivity index (χ4v) is 4.14. The van der Waals surface area contributed by atoms with Crippen LogP contribution in [0, 0.1) is 5.82 Å². The molecule has 39 heavy (non-hydrogen) atoms. The van der Waals surface area contributed by atoms with Crippen molar-refractivity contribution in [2.75, 3.05) is 6.61 Å². The predicted octanol–water partition coefficient (Wildman–Crippen LogP) is 8.90. The maximum Gasteiger partial charge on any atom is 0.417 e. The lowest BCUT2D eigenvalue weighted by molar-refractivity contribution is -0.137. The number of alkyl halides is 3. The summed E-state index contributed by atoms with van der Waals surface area (Å²) in [5, 5.41) is 4.12. The van der Waals surface area contributed by atoms with Gasteiger partial charge in [-0.2, -0.15) is 13.2 Å². The van der Waals surface area contributed by atoms with Gasteiger partial charge in [-0.15, -0.1) is 0 Å². The molecule has 0 N–H and O–H groups in total. The summed E-state index contributed by atoms with van der Waals surface area (Å²) in [5.74, 6) is -0.0420. The second-order valence-corrected chi connectivity index (χ2v) is 10.0. The maximum absolute atomic E-state index is 14.2. The Morgan fingerprint density at radius 2 is 1.67 bits per heavy atom. The largest absolute Gasteiger partial charge is 0.487 e. The van der Waals surface area contributed by atoms with E-state index in [1.165, 1.54) is 6.07 Å². The monoisotopic (exact) mass is 640 g/mol. The van der Waals surface area contributed by atoms with Crippen LogP contribution in [-0.4, -0.2) is 17.3 Å². The van der Waals surface area contributed by atoms with Crippen molar-refractivity contribution in [3.05, 3.63) is 127 Å². The van der Waals surface area contributed by atoms with E-state index in [0.717, 1.165) is 27.9 Å². The van der Waals surface area contributed by atoms with Gasteiger partial charge in [0, 0.05) is 28.2 Å². The van der Waals surface area contributed by atoms with Crippen molar-refractivity contribution in [3.63, 3.8) is 0 Å². The summed E-state index contributed by atoms with van der Waals surface area (Å²) < 4.78 is 59.5. The minimum Gasteiger partial charge on any atom is -0.487 e. The molecule has 0 saturated heterocycles. The first-order valence-corrected chi connectivity index (χ1v) is 13.0. The van der Waals surface area contributed by atoms with E-state index in [2.05, 4.69) is 26.1 Å². The molecule has 4 aromatic rings. The summed E-state index contributed by atoms with van der Waals surface area (Å²) in [6, 6.07) is 19.8. The molecular formula is C28H19BrCl2F4N2O2. The van der Waals surface area contributed by atoms with Gasteiger partial charge in [0.25, 0.3) is 0 Å². The van der Waals surface area contributed by atoms with Crippen molar-refractivity contribution in [2.45, 2.75) is 19.2 Å². The van der Waals surface area contributed by atoms with Crippen LogP contribution >= 0.6 is 39.1 Å². The summed E-state index contributed by atoms with van der Waals surface area (Å²) in [4.78, 5) is 9.30. The van der Waals surface area contributed by atoms with E-state index >= 15 is 0 Å². The van der Waals surface area contributed by atoms with E-state index in [0.29, 0.717) is 17.2 Å². The lowest BCUT2D eigenvalue weighted by atomic mass is 10.1. The predicted molar refractivity (Wildman–Crippen MR) is 146 cm³/mol. The third-order valence-electron chi connectivity index (χ3n) is 5.52. The lowest BCUT2D eigenvalue weighted by Crippen LogP contribution is -2.14. The molecule has 11 heteroatoms. The summed E-state index contributed by atoms with van der Waals surface area (Å²) in [6.45, 7) is -0.0764. The van der Waals surface area contributed by atoms with E-state index in [1.807, 2.05) is 24.3 Å². The normalized spacial score (nSPS) is 11.9. The molecule has 0 amide bonds. The number of hydrogen-bond donors (Lipinski definition) is 0. The van der Waals surface area contributed by atoms with E-state index in [9.17, 15) is 17.6 Å². The average Bonchev–Trinajstić information content (AvgIpc) is 2.90. The van der Waals surface area contributed by atoms with Crippen LogP contribution in [0.4, 0.5) is 17.6 Å². The highest BCUT2D eigenvalue weighted by Crippen LogP contribution is 2.31. The Bertz CT molecular complexity index is 1460. The number of aromatic nitrogens is 1. The molecule has 0 unspecified atom stereocenters. The van der Waals surface area contributed by atoms with Crippen molar-refractivity contribution in [1.29, 1.82) is 0 Å². The Morgan fingerprint density at radius 3 is 2.33 bits per heavy atom. The number of nitrogens with zero attached hydrogens (tertiary/aromatic N) is 2. The molecule has 0 bridgehead atoms. The highest BCUT2D eigenvalue weighted by atomic mass is 79.9. The van der Waals surface area contributed by atoms with Crippen molar-refractivity contribution in [1.82, 2.24) is 4.98 Å². The highest BCUT2D eigenvalue weighted by Gasteiger charge is 2.31. The third-order valence-corrected chi connectivity index (χ3v) is 6.67. The standard InChI is InChI=1S/C28H19BrCl2F4N2O2/c29-21-8-6-18(7-9-21)26(37-39-15-19-2-1-3-23(30)27(19)32)16-38-22-10-4-17(5-11-22)12-25-24(31)13-20(14-36-25)28(33,34)35/h1-11,13-14H,12,15-16H2/b37-26+. The van der Waals surface area contributed by atoms with Crippen LogP contribution in [-0.2, 0) is 24.0 Å². The molecule has 1 heterocycles. The molecule has 0 aliphatic rings. The van der Waals surface area contributed by atoms with Gasteiger partial charge in [-0.1, -0.05) is 80.7 Å². The van der Waals surface area contributed by atoms with Crippen LogP contribution in [0.3, 0.4) is 0 Å². The molecule has 0 aliphatic heterocycles. The van der Waals surface area contributed by atoms with Gasteiger partial charge in [-0.3, -0.25) is 4.98 Å². The zero-order valence-electron chi connectivity index (χ0n) is 20.0. The van der Waals surface area contributed by atoms with Crippen molar-refractivity contribution in [3.8, 4) is 5.75 Å². The Labute approximate surface area is 240 Å². The second-order valence-electron chi connectivity index (χ2n) is 8.29. The zero-order chi connectivity index (χ0) is 28.0. The molecule has 0 saturated carbocycles. The molecule has 4 rings (SSSR count). The van der Waals surface area contributed by atoms with E-state index in [-0.39, 0.29) is 35.2 Å². The Kier molecular flexibility index (Phi) is 9.48. The molecule has 0 atom stereocenters. The van der Waals surface area contributed by atoms with Gasteiger partial charge in [0.05, 0.1) is 21.3 Å². The van der Waals surface area contributed by atoms with Crippen LogP contribution in [0.25, 0.3) is 0 Å². The first kappa shape index (κ1) is 28.9. The van der Waals surface area contributed by atoms with Crippen molar-refractivity contribution in [2.24, 2.45) is 5.16 Å². The number of pyridine rings is 1. The molecule has 3 aromatic carbocycles. The van der Waals surface area contributed by atoms with Crippen LogP contribution < -0.4 is 4.74 Å². The SMILES string of the molecule is Fc1c(Cl)cccc1CO/N=C(\COc1ccc(Cc2ncc(C(F)(F)F)cc2Cl)cc1)c1ccc(Br)cc1. The summed E-state index contributed by atoms with van der Waals surface area (Å²) >= 11 is 15.2. The smallest absolute Gasteiger partial charge is 0.417 e. The number of hydrogen-bond acceptors (Lipinski definition) is 4. The Balaban J connectivity index is 1.43. The van der Waals surface area contributed by atoms with Crippen LogP contribution in [0.5, 0.6) is 5.75 Å². The van der Waals surface area contributed by atoms with E-state index in [4.69, 9.17) is 32.8 Å². The third kappa shape index (κ3) is 7.94. The molecule has 202 valence electrons. The number of rotatable bonds is 9. The zero-order valence-corrected chi connectivity index (χ0v) is 23.1. The minimum atomic E-state index is -4.51. The molecule has 0 fully saturated rings. The van der Waals surface area contributed by atoms with Gasteiger partial charge in [0.15, 0.2) is 0 Å². The first-order chi connectivity index (χ1) is 18.6. The van der Waals surface area contributed by atoms with E-state index in [1.54, 1.807) is 36.4 Å². The summed E-state index contributed by atoms with van der Waals surface area (Å²) in [7, 11) is 0. The maximum atomic E-state index is 14.2. The highest BCUT2D eigenvalue weighted by molar-refractivity contribution is 9.10. The number of ether oxygens (including phenoxy) is 1. The minimum absolute atomic E-state index is 0.00336. The topological polar surface area (TPSA) is 43.7 Å². The van der Waals surface area contributed by atoms with Gasteiger partial charge < -0.3 is 9.57 Å². The summed E-state index contributed by atoms with van der Waals surface area (Å²) in [5.41, 5.74) is 1.69. The number of oxime groups is 1. The molecule has 0 aliphatic carbocycles. The second kappa shape index (κ2) is 12.8. The van der Waals surface area contributed by atoms with Crippen LogP contribution in [0.2, 0.25) is 10.0 Å². The fourth-order valence-electron chi connectivity index (χ4n) is 3.44. The van der Waals surface area contributed by atoms with Crippen molar-refractivity contribution < 1.29 is 27.1 Å². The van der Waals surface area contributed by atoms with Gasteiger partial charge in [0.2, 0.25) is 0 Å². The van der Waals surface area contributed by atoms with Crippen LogP contribution in [0.1, 0.15) is 27.9 Å². The van der Waals surface area contributed by atoms with Crippen LogP contribution in [0.15, 0.2) is 88.6 Å². The first-order valence-electron chi connectivity index (χ1n) is 11.4. The number of benzene rings is 3. The molecule has 4 nitrogen and oxygen atoms in total. The quantitative estimate of drug-likeness (QED) is 0.104. The van der Waals surface area contributed by atoms with Gasteiger partial charge >= 0.3 is 6.18 Å². The van der Waals surface area contributed by atoms with Crippen molar-refractivity contribution >= 4 is 44.8 Å². The number of halogens is 7. The molecule has 0 radical (unpaired) electrons. The molecular weight excluding hydrogens is 623 g/mol. The van der Waals surface area contributed by atoms with Gasteiger partial charge in [-0.05, 0) is 42.0 Å². The lowest BCUT2D eigenvalue weighted by Gasteiger charge is -2.11. The fraction of sp³-hybridized carbons (Fsp3) is 0.143. The average molecular weight is 642 g/mol. The van der Waals surface area contributed by atoms with Gasteiger partial charge in [0.1, 0.15) is 30.5 Å². The Morgan fingerprint density at radius 1 is 0.949 bits per heavy atom.